The number of nitrogens with one attached hydrogen (secondary N) is 1. The molecule has 7 rings (SSSR count). The SMILES string of the molecule is O=C(Nc1ccc(S(=O)(=O)N2CCCC2)cc1)C12CC3CC(C1)CC(n1nc([N+](=O)[O-])nc1Br)(C3)C2. The van der Waals surface area contributed by atoms with Gasteiger partial charge in [0.25, 0.3) is 4.73 Å². The molecule has 4 bridgehead atoms. The molecule has 0 spiro atoms. The zero-order valence-corrected chi connectivity index (χ0v) is 22.0. The Balaban J connectivity index is 1.25. The quantitative estimate of drug-likeness (QED) is 0.407. The van der Waals surface area contributed by atoms with Gasteiger partial charge in [-0.1, -0.05) is 0 Å². The highest BCUT2D eigenvalue weighted by Gasteiger charge is 2.63. The summed E-state index contributed by atoms with van der Waals surface area (Å²) in [6.45, 7) is 1.08. The third kappa shape index (κ3) is 3.77. The molecule has 1 aromatic carbocycles. The van der Waals surface area contributed by atoms with Crippen molar-refractivity contribution in [3.05, 3.63) is 39.1 Å². The van der Waals surface area contributed by atoms with E-state index in [9.17, 15) is 23.3 Å². The van der Waals surface area contributed by atoms with Crippen LogP contribution >= 0.6 is 15.9 Å². The Labute approximate surface area is 217 Å². The van der Waals surface area contributed by atoms with Crippen molar-refractivity contribution >= 4 is 43.5 Å². The van der Waals surface area contributed by atoms with Crippen molar-refractivity contribution in [2.24, 2.45) is 17.3 Å². The molecule has 192 valence electrons. The Hall–Kier alpha value is -2.38. The molecule has 1 aliphatic heterocycles. The van der Waals surface area contributed by atoms with Crippen molar-refractivity contribution in [2.75, 3.05) is 18.4 Å². The van der Waals surface area contributed by atoms with E-state index in [1.54, 1.807) is 28.9 Å². The maximum absolute atomic E-state index is 13.7. The molecule has 1 saturated heterocycles. The fourth-order valence-corrected chi connectivity index (χ4v) is 9.57. The molecule has 1 N–H and O–H groups in total. The average molecular weight is 579 g/mol. The Kier molecular flexibility index (Phi) is 5.54. The number of rotatable bonds is 6. The number of benzene rings is 1. The van der Waals surface area contributed by atoms with Gasteiger partial charge in [0, 0.05) is 39.8 Å². The molecule has 0 radical (unpaired) electrons. The fourth-order valence-electron chi connectivity index (χ4n) is 7.44. The molecule has 2 heterocycles. The molecule has 13 heteroatoms. The summed E-state index contributed by atoms with van der Waals surface area (Å²) in [5.41, 5.74) is -0.539. The van der Waals surface area contributed by atoms with E-state index in [-0.39, 0.29) is 10.8 Å². The molecule has 1 aromatic heterocycles. The van der Waals surface area contributed by atoms with E-state index in [2.05, 4.69) is 31.3 Å². The molecule has 2 unspecified atom stereocenters. The molecule has 5 aliphatic rings. The summed E-state index contributed by atoms with van der Waals surface area (Å²) in [6, 6.07) is 6.40. The van der Waals surface area contributed by atoms with Crippen LogP contribution in [0.15, 0.2) is 33.9 Å². The van der Waals surface area contributed by atoms with E-state index in [1.807, 2.05) is 0 Å². The lowest BCUT2D eigenvalue weighted by Crippen LogP contribution is -2.60. The molecule has 1 amide bonds. The Morgan fingerprint density at radius 1 is 1.11 bits per heavy atom. The first-order chi connectivity index (χ1) is 17.1. The van der Waals surface area contributed by atoms with Gasteiger partial charge in [-0.05, 0) is 97.4 Å². The first-order valence-corrected chi connectivity index (χ1v) is 14.5. The summed E-state index contributed by atoms with van der Waals surface area (Å²) >= 11 is 3.36. The zero-order chi connectivity index (χ0) is 25.3. The number of carbonyl (C=O) groups is 1. The number of aromatic nitrogens is 3. The molecule has 36 heavy (non-hydrogen) atoms. The highest BCUT2D eigenvalue weighted by Crippen LogP contribution is 2.64. The minimum absolute atomic E-state index is 0.0816. The van der Waals surface area contributed by atoms with Crippen molar-refractivity contribution in [1.82, 2.24) is 19.1 Å². The van der Waals surface area contributed by atoms with Gasteiger partial charge in [-0.2, -0.15) is 8.99 Å². The van der Waals surface area contributed by atoms with Crippen LogP contribution in [0.5, 0.6) is 0 Å². The van der Waals surface area contributed by atoms with Crippen LogP contribution in [0.25, 0.3) is 0 Å². The number of carbonyl (C=O) groups excluding carboxylic acids is 1. The third-order valence-electron chi connectivity index (χ3n) is 8.50. The first kappa shape index (κ1) is 24.0. The molecular weight excluding hydrogens is 552 g/mol. The van der Waals surface area contributed by atoms with E-state index in [0.29, 0.717) is 41.8 Å². The summed E-state index contributed by atoms with van der Waals surface area (Å²) in [5.74, 6) is 0.141. The van der Waals surface area contributed by atoms with Gasteiger partial charge in [-0.15, -0.1) is 0 Å². The van der Waals surface area contributed by atoms with Gasteiger partial charge in [0.1, 0.15) is 0 Å². The number of nitro groups is 1. The first-order valence-electron chi connectivity index (χ1n) is 12.3. The molecular formula is C23H27BrN6O5S. The maximum Gasteiger partial charge on any atom is 0.492 e. The predicted molar refractivity (Wildman–Crippen MR) is 133 cm³/mol. The van der Waals surface area contributed by atoms with Crippen LogP contribution in [0.3, 0.4) is 0 Å². The van der Waals surface area contributed by atoms with Gasteiger partial charge in [-0.25, -0.2) is 8.42 Å². The number of amides is 1. The molecule has 4 aliphatic carbocycles. The summed E-state index contributed by atoms with van der Waals surface area (Å²) in [4.78, 5) is 28.6. The van der Waals surface area contributed by atoms with Crippen LogP contribution < -0.4 is 5.32 Å². The van der Waals surface area contributed by atoms with Crippen LogP contribution in [-0.2, 0) is 20.4 Å². The van der Waals surface area contributed by atoms with Gasteiger partial charge in [0.2, 0.25) is 15.9 Å². The smallest absolute Gasteiger partial charge is 0.390 e. The van der Waals surface area contributed by atoms with Gasteiger partial charge in [0.15, 0.2) is 0 Å². The highest BCUT2D eigenvalue weighted by atomic mass is 79.9. The highest BCUT2D eigenvalue weighted by molar-refractivity contribution is 9.10. The molecule has 2 aromatic rings. The molecule has 11 nitrogen and oxygen atoms in total. The maximum atomic E-state index is 13.7. The van der Waals surface area contributed by atoms with Crippen molar-refractivity contribution in [3.63, 3.8) is 0 Å². The molecule has 2 atom stereocenters. The van der Waals surface area contributed by atoms with Crippen molar-refractivity contribution in [1.29, 1.82) is 0 Å². The van der Waals surface area contributed by atoms with Gasteiger partial charge < -0.3 is 15.4 Å². The minimum atomic E-state index is -3.52. The number of hydrogen-bond donors (Lipinski definition) is 1. The van der Waals surface area contributed by atoms with Gasteiger partial charge >= 0.3 is 5.95 Å². The Bertz CT molecular complexity index is 1320. The largest absolute Gasteiger partial charge is 0.492 e. The number of hydrogen-bond acceptors (Lipinski definition) is 7. The van der Waals surface area contributed by atoms with Crippen LogP contribution in [0.2, 0.25) is 0 Å². The topological polar surface area (TPSA) is 140 Å². The second-order valence-electron chi connectivity index (χ2n) is 10.9. The van der Waals surface area contributed by atoms with E-state index in [1.165, 1.54) is 4.31 Å². The Morgan fingerprint density at radius 2 is 1.75 bits per heavy atom. The lowest BCUT2D eigenvalue weighted by molar-refractivity contribution is -0.394. The van der Waals surface area contributed by atoms with Gasteiger partial charge in [0.05, 0.1) is 15.8 Å². The Morgan fingerprint density at radius 3 is 2.33 bits per heavy atom. The summed E-state index contributed by atoms with van der Waals surface area (Å²) in [5, 5.41) is 18.5. The summed E-state index contributed by atoms with van der Waals surface area (Å²) < 4.78 is 29.1. The summed E-state index contributed by atoms with van der Waals surface area (Å²) in [7, 11) is -3.52. The lowest BCUT2D eigenvalue weighted by Gasteiger charge is -2.60. The normalized spacial score (nSPS) is 31.6. The second-order valence-corrected chi connectivity index (χ2v) is 13.6. The number of anilines is 1. The standard InChI is InChI=1S/C23H27BrN6O5S/c24-20-26-21(30(32)33)27-29(20)23-12-15-9-16(13-23)11-22(10-15,14-23)19(31)25-17-3-5-18(6-4-17)36(34,35)28-7-1-2-8-28/h3-6,15-16H,1-2,7-14H2,(H,25,31). The van der Waals surface area contributed by atoms with Gasteiger partial charge in [-0.3, -0.25) is 4.79 Å². The molecule has 4 saturated carbocycles. The number of halogens is 1. The minimum Gasteiger partial charge on any atom is -0.390 e. The van der Waals surface area contributed by atoms with Crippen LogP contribution in [0.4, 0.5) is 11.6 Å². The van der Waals surface area contributed by atoms with Crippen LogP contribution in [0, 0.1) is 27.4 Å². The van der Waals surface area contributed by atoms with Crippen LogP contribution in [0.1, 0.15) is 51.4 Å². The average Bonchev–Trinajstić information content (AvgIpc) is 3.49. The van der Waals surface area contributed by atoms with Crippen LogP contribution in [-0.4, -0.2) is 51.4 Å². The second kappa shape index (κ2) is 8.32. The molecule has 5 fully saturated rings. The monoisotopic (exact) mass is 578 g/mol. The van der Waals surface area contributed by atoms with E-state index >= 15 is 0 Å². The van der Waals surface area contributed by atoms with E-state index in [0.717, 1.165) is 44.9 Å². The third-order valence-corrected chi connectivity index (χ3v) is 10.9. The number of sulfonamides is 1. The number of nitrogens with zero attached hydrogens (tertiary/aromatic N) is 5. The summed E-state index contributed by atoms with van der Waals surface area (Å²) in [6.07, 6.45) is 6.52. The van der Waals surface area contributed by atoms with Crippen molar-refractivity contribution in [2.45, 2.75) is 61.8 Å². The zero-order valence-electron chi connectivity index (χ0n) is 19.6. The predicted octanol–water partition coefficient (Wildman–Crippen LogP) is 3.67. The fraction of sp³-hybridized carbons (Fsp3) is 0.609. The van der Waals surface area contributed by atoms with E-state index < -0.39 is 31.8 Å². The lowest BCUT2D eigenvalue weighted by atomic mass is 9.46. The van der Waals surface area contributed by atoms with Crippen molar-refractivity contribution < 1.29 is 18.1 Å². The van der Waals surface area contributed by atoms with Crippen molar-refractivity contribution in [3.8, 4) is 0 Å². The van der Waals surface area contributed by atoms with E-state index in [4.69, 9.17) is 0 Å².